The van der Waals surface area contributed by atoms with E-state index in [4.69, 9.17) is 4.74 Å². The molecule has 1 amide bonds. The van der Waals surface area contributed by atoms with Crippen molar-refractivity contribution in [2.24, 2.45) is 5.92 Å². The van der Waals surface area contributed by atoms with Gasteiger partial charge in [0.2, 0.25) is 0 Å². The Morgan fingerprint density at radius 1 is 1.10 bits per heavy atom. The van der Waals surface area contributed by atoms with Gasteiger partial charge in [0.15, 0.2) is 6.61 Å². The van der Waals surface area contributed by atoms with Crippen LogP contribution in [0.3, 0.4) is 0 Å². The van der Waals surface area contributed by atoms with Crippen LogP contribution in [0.25, 0.3) is 11.3 Å². The quantitative estimate of drug-likeness (QED) is 0.583. The van der Waals surface area contributed by atoms with E-state index in [1.54, 1.807) is 10.9 Å². The Morgan fingerprint density at radius 3 is 2.43 bits per heavy atom. The number of aromatic nitrogens is 2. The van der Waals surface area contributed by atoms with Gasteiger partial charge in [0, 0.05) is 17.8 Å². The van der Waals surface area contributed by atoms with Crippen LogP contribution < -0.4 is 5.32 Å². The number of nitrogens with zero attached hydrogens (tertiary/aromatic N) is 2. The number of carbonyl (C=O) groups excluding carboxylic acids is 2. The van der Waals surface area contributed by atoms with Gasteiger partial charge in [0.25, 0.3) is 5.91 Å². The molecule has 1 atom stereocenters. The molecule has 0 aliphatic heterocycles. The predicted octanol–water partition coefficient (Wildman–Crippen LogP) is 3.67. The second kappa shape index (κ2) is 8.95. The fourth-order valence-electron chi connectivity index (χ4n) is 3.45. The van der Waals surface area contributed by atoms with Crippen molar-refractivity contribution in [3.05, 3.63) is 78.0 Å². The van der Waals surface area contributed by atoms with Gasteiger partial charge in [-0.3, -0.25) is 9.48 Å². The molecule has 4 rings (SSSR count). The number of hydrogen-bond donors (Lipinski definition) is 1. The minimum Gasteiger partial charge on any atom is -0.452 e. The zero-order valence-electron chi connectivity index (χ0n) is 17.0. The van der Waals surface area contributed by atoms with Gasteiger partial charge in [0.1, 0.15) is 11.3 Å². The van der Waals surface area contributed by atoms with Gasteiger partial charge in [0.05, 0.1) is 6.54 Å². The highest BCUT2D eigenvalue weighted by molar-refractivity contribution is 5.97. The van der Waals surface area contributed by atoms with E-state index in [1.807, 2.05) is 67.6 Å². The highest BCUT2D eigenvalue weighted by Gasteiger charge is 2.29. The Morgan fingerprint density at radius 2 is 1.77 bits per heavy atom. The van der Waals surface area contributed by atoms with Crippen molar-refractivity contribution < 1.29 is 14.3 Å². The minimum atomic E-state index is -0.553. The Bertz CT molecular complexity index is 1010. The molecule has 0 saturated heterocycles. The van der Waals surface area contributed by atoms with Crippen molar-refractivity contribution >= 4 is 11.9 Å². The van der Waals surface area contributed by atoms with Crippen LogP contribution in [0.5, 0.6) is 0 Å². The van der Waals surface area contributed by atoms with E-state index in [9.17, 15) is 9.59 Å². The highest BCUT2D eigenvalue weighted by Crippen LogP contribution is 2.32. The van der Waals surface area contributed by atoms with E-state index < -0.39 is 5.97 Å². The van der Waals surface area contributed by atoms with Crippen molar-refractivity contribution in [1.82, 2.24) is 15.1 Å². The van der Waals surface area contributed by atoms with Crippen LogP contribution in [0.15, 0.2) is 66.9 Å². The average molecular weight is 403 g/mol. The van der Waals surface area contributed by atoms with Crippen molar-refractivity contribution in [1.29, 1.82) is 0 Å². The average Bonchev–Trinajstić information content (AvgIpc) is 3.54. The molecule has 1 aromatic heterocycles. The Labute approximate surface area is 175 Å². The molecule has 1 aliphatic rings. The molecular formula is C24H25N3O3. The monoisotopic (exact) mass is 403 g/mol. The molecule has 2 aromatic carbocycles. The van der Waals surface area contributed by atoms with Gasteiger partial charge in [-0.05, 0) is 31.2 Å². The number of amides is 1. The number of benzene rings is 2. The van der Waals surface area contributed by atoms with Gasteiger partial charge >= 0.3 is 5.97 Å². The lowest BCUT2D eigenvalue weighted by molar-refractivity contribution is -0.124. The van der Waals surface area contributed by atoms with Gasteiger partial charge in [-0.25, -0.2) is 4.79 Å². The summed E-state index contributed by atoms with van der Waals surface area (Å²) >= 11 is 0. The lowest BCUT2D eigenvalue weighted by atomic mass is 10.1. The standard InChI is InChI=1S/C24H25N3O3/c1-17(19-12-13-19)25-22(28)16-30-24(29)21-15-27(14-18-8-4-2-5-9-18)26-23(21)20-10-6-3-7-11-20/h2-11,15,17,19H,12-14,16H2,1H3,(H,25,28)/t17-/m1/s1. The smallest absolute Gasteiger partial charge is 0.342 e. The van der Waals surface area contributed by atoms with Crippen molar-refractivity contribution in [3.63, 3.8) is 0 Å². The van der Waals surface area contributed by atoms with E-state index in [0.717, 1.165) is 24.0 Å². The highest BCUT2D eigenvalue weighted by atomic mass is 16.5. The summed E-state index contributed by atoms with van der Waals surface area (Å²) in [5.41, 5.74) is 2.79. The number of hydrogen-bond acceptors (Lipinski definition) is 4. The van der Waals surface area contributed by atoms with Crippen LogP contribution in [0, 0.1) is 5.92 Å². The predicted molar refractivity (Wildman–Crippen MR) is 114 cm³/mol. The number of ether oxygens (including phenoxy) is 1. The molecule has 1 fully saturated rings. The minimum absolute atomic E-state index is 0.115. The first-order valence-corrected chi connectivity index (χ1v) is 10.2. The number of rotatable bonds is 8. The maximum absolute atomic E-state index is 12.8. The van der Waals surface area contributed by atoms with Gasteiger partial charge < -0.3 is 10.1 Å². The van der Waals surface area contributed by atoms with Gasteiger partial charge in [-0.15, -0.1) is 0 Å². The third-order valence-corrected chi connectivity index (χ3v) is 5.27. The van der Waals surface area contributed by atoms with E-state index in [2.05, 4.69) is 10.4 Å². The molecular weight excluding hydrogens is 378 g/mol. The molecule has 1 aliphatic carbocycles. The summed E-state index contributed by atoms with van der Waals surface area (Å²) < 4.78 is 7.04. The molecule has 0 radical (unpaired) electrons. The van der Waals surface area contributed by atoms with E-state index in [1.165, 1.54) is 0 Å². The summed E-state index contributed by atoms with van der Waals surface area (Å²) in [6.45, 7) is 2.22. The van der Waals surface area contributed by atoms with Crippen LogP contribution in [0.4, 0.5) is 0 Å². The molecule has 30 heavy (non-hydrogen) atoms. The molecule has 1 N–H and O–H groups in total. The van der Waals surface area contributed by atoms with Crippen LogP contribution in [-0.2, 0) is 16.1 Å². The Hall–Kier alpha value is -3.41. The van der Waals surface area contributed by atoms with Crippen molar-refractivity contribution in [2.45, 2.75) is 32.4 Å². The maximum atomic E-state index is 12.8. The van der Waals surface area contributed by atoms with Crippen molar-refractivity contribution in [3.8, 4) is 11.3 Å². The summed E-state index contributed by atoms with van der Waals surface area (Å²) in [5.74, 6) is -0.284. The molecule has 0 bridgehead atoms. The number of carbonyl (C=O) groups is 2. The zero-order chi connectivity index (χ0) is 20.9. The summed E-state index contributed by atoms with van der Waals surface area (Å²) in [6.07, 6.45) is 3.97. The second-order valence-corrected chi connectivity index (χ2v) is 7.71. The Kier molecular flexibility index (Phi) is 5.93. The largest absolute Gasteiger partial charge is 0.452 e. The fraction of sp³-hybridized carbons (Fsp3) is 0.292. The van der Waals surface area contributed by atoms with Gasteiger partial charge in [-0.2, -0.15) is 5.10 Å². The molecule has 6 nitrogen and oxygen atoms in total. The van der Waals surface area contributed by atoms with Gasteiger partial charge in [-0.1, -0.05) is 60.7 Å². The first-order chi connectivity index (χ1) is 14.6. The summed E-state index contributed by atoms with van der Waals surface area (Å²) in [6, 6.07) is 19.5. The maximum Gasteiger partial charge on any atom is 0.342 e. The third-order valence-electron chi connectivity index (χ3n) is 5.27. The van der Waals surface area contributed by atoms with E-state index in [0.29, 0.717) is 23.7 Å². The molecule has 0 spiro atoms. The fourth-order valence-corrected chi connectivity index (χ4v) is 3.45. The topological polar surface area (TPSA) is 73.2 Å². The zero-order valence-corrected chi connectivity index (χ0v) is 17.0. The Balaban J connectivity index is 1.49. The van der Waals surface area contributed by atoms with Crippen LogP contribution in [-0.4, -0.2) is 34.3 Å². The SMILES string of the molecule is C[C@@H](NC(=O)COC(=O)c1cn(Cc2ccccc2)nc1-c1ccccc1)C1CC1. The second-order valence-electron chi connectivity index (χ2n) is 7.71. The third kappa shape index (κ3) is 4.95. The summed E-state index contributed by atoms with van der Waals surface area (Å²) in [7, 11) is 0. The molecule has 3 aromatic rings. The first-order valence-electron chi connectivity index (χ1n) is 10.2. The molecule has 0 unspecified atom stereocenters. The van der Waals surface area contributed by atoms with E-state index >= 15 is 0 Å². The van der Waals surface area contributed by atoms with E-state index in [-0.39, 0.29) is 18.6 Å². The molecule has 154 valence electrons. The number of nitrogens with one attached hydrogen (secondary N) is 1. The summed E-state index contributed by atoms with van der Waals surface area (Å²) in [4.78, 5) is 24.9. The molecule has 1 saturated carbocycles. The molecule has 6 heteroatoms. The lowest BCUT2D eigenvalue weighted by Gasteiger charge is -2.12. The summed E-state index contributed by atoms with van der Waals surface area (Å²) in [5, 5.41) is 7.51. The van der Waals surface area contributed by atoms with Crippen molar-refractivity contribution in [2.75, 3.05) is 6.61 Å². The normalized spacial score (nSPS) is 14.2. The van der Waals surface area contributed by atoms with Crippen LogP contribution >= 0.6 is 0 Å². The molecule has 1 heterocycles. The number of esters is 1. The van der Waals surface area contributed by atoms with Crippen LogP contribution in [0.2, 0.25) is 0 Å². The first kappa shape index (κ1) is 19.9. The van der Waals surface area contributed by atoms with Crippen LogP contribution in [0.1, 0.15) is 35.7 Å². The lowest BCUT2D eigenvalue weighted by Crippen LogP contribution is -2.37.